The van der Waals surface area contributed by atoms with E-state index in [1.165, 1.54) is 24.4 Å². The number of H-pyrrole nitrogens is 1. The number of aryl methyl sites for hydroxylation is 1. The fourth-order valence-corrected chi connectivity index (χ4v) is 3.50. The molecule has 1 aromatic carbocycles. The van der Waals surface area contributed by atoms with E-state index in [-0.39, 0.29) is 27.7 Å². The number of aromatic amines is 1. The third-order valence-electron chi connectivity index (χ3n) is 5.12. The molecule has 0 atom stereocenters. The second-order valence-corrected chi connectivity index (χ2v) is 8.50. The van der Waals surface area contributed by atoms with Gasteiger partial charge in [-0.3, -0.25) is 14.6 Å². The minimum Gasteiger partial charge on any atom is -0.364 e. The highest BCUT2D eigenvalue weighted by molar-refractivity contribution is 6.03. The van der Waals surface area contributed by atoms with Crippen molar-refractivity contribution < 1.29 is 9.18 Å². The first-order chi connectivity index (χ1) is 14.6. The van der Waals surface area contributed by atoms with E-state index in [0.29, 0.717) is 28.2 Å². The molecule has 3 heterocycles. The molecule has 0 saturated heterocycles. The average Bonchev–Trinajstić information content (AvgIpc) is 3.13. The van der Waals surface area contributed by atoms with Crippen LogP contribution in [0.5, 0.6) is 0 Å². The maximum Gasteiger partial charge on any atom is 0.268 e. The van der Waals surface area contributed by atoms with Crippen LogP contribution in [0.2, 0.25) is 0 Å². The number of carbonyl (C=O) groups excluding carboxylic acids is 1. The molecule has 0 bridgehead atoms. The minimum absolute atomic E-state index is 0.0800. The first-order valence-electron chi connectivity index (χ1n) is 9.75. The van der Waals surface area contributed by atoms with Gasteiger partial charge >= 0.3 is 0 Å². The average molecular weight is 419 g/mol. The number of amides is 1. The van der Waals surface area contributed by atoms with Crippen molar-refractivity contribution in [3.05, 3.63) is 75.6 Å². The van der Waals surface area contributed by atoms with E-state index >= 15 is 0 Å². The summed E-state index contributed by atoms with van der Waals surface area (Å²) >= 11 is 0. The number of nitrogens with two attached hydrogens (primary N) is 1. The van der Waals surface area contributed by atoms with E-state index in [2.05, 4.69) is 9.97 Å². The number of nitrogens with one attached hydrogen (secondary N) is 1. The first-order valence-corrected chi connectivity index (χ1v) is 9.75. The molecule has 0 spiro atoms. The molecule has 0 saturated carbocycles. The van der Waals surface area contributed by atoms with Crippen molar-refractivity contribution in [1.29, 1.82) is 0 Å². The highest BCUT2D eigenvalue weighted by Crippen LogP contribution is 2.30. The molecule has 3 N–H and O–H groups in total. The Labute approximate surface area is 177 Å². The number of carbonyl (C=O) groups is 1. The van der Waals surface area contributed by atoms with Gasteiger partial charge in [0.05, 0.1) is 33.7 Å². The SMILES string of the molecule is Cc1cc(F)ccc1-n1nc(C(C)(C)C)cc1-c1cc(=O)c2c(C(N)=O)nccc2[nH]1. The number of halogens is 1. The summed E-state index contributed by atoms with van der Waals surface area (Å²) in [5.41, 5.74) is 8.44. The lowest BCUT2D eigenvalue weighted by Gasteiger charge is -2.14. The molecule has 0 aliphatic carbocycles. The molecule has 4 rings (SSSR count). The second-order valence-electron chi connectivity index (χ2n) is 8.50. The first kappa shape index (κ1) is 20.5. The van der Waals surface area contributed by atoms with E-state index in [0.717, 1.165) is 5.69 Å². The van der Waals surface area contributed by atoms with Gasteiger partial charge in [-0.05, 0) is 42.8 Å². The standard InChI is InChI=1S/C23H22FN5O2/c1-12-9-13(24)5-6-16(12)29-17(11-19(28-29)23(2,3)4)15-10-18(30)20-14(27-15)7-8-26-21(20)22(25)31/h5-11H,1-4H3,(H2,25,31)(H,27,30). The number of aromatic nitrogens is 4. The highest BCUT2D eigenvalue weighted by Gasteiger charge is 2.23. The fourth-order valence-electron chi connectivity index (χ4n) is 3.50. The van der Waals surface area contributed by atoms with Gasteiger partial charge in [0.1, 0.15) is 11.5 Å². The number of rotatable bonds is 3. The summed E-state index contributed by atoms with van der Waals surface area (Å²) < 4.78 is 15.4. The summed E-state index contributed by atoms with van der Waals surface area (Å²) in [6.07, 6.45) is 1.42. The molecule has 7 nitrogen and oxygen atoms in total. The summed E-state index contributed by atoms with van der Waals surface area (Å²) in [7, 11) is 0. The third-order valence-corrected chi connectivity index (χ3v) is 5.12. The zero-order valence-corrected chi connectivity index (χ0v) is 17.7. The molecular formula is C23H22FN5O2. The predicted octanol–water partition coefficient (Wildman–Crippen LogP) is 3.62. The molecule has 4 aromatic rings. The Kier molecular flexibility index (Phi) is 4.72. The van der Waals surface area contributed by atoms with Crippen LogP contribution in [-0.2, 0) is 5.41 Å². The van der Waals surface area contributed by atoms with Crippen LogP contribution in [0.4, 0.5) is 4.39 Å². The molecule has 1 amide bonds. The quantitative estimate of drug-likeness (QED) is 0.529. The number of benzene rings is 1. The molecule has 0 aliphatic rings. The number of hydrogen-bond donors (Lipinski definition) is 2. The van der Waals surface area contributed by atoms with Crippen LogP contribution >= 0.6 is 0 Å². The Hall–Kier alpha value is -3.81. The lowest BCUT2D eigenvalue weighted by Crippen LogP contribution is -2.18. The maximum atomic E-state index is 13.7. The summed E-state index contributed by atoms with van der Waals surface area (Å²) in [6, 6.07) is 9.37. The monoisotopic (exact) mass is 419 g/mol. The smallest absolute Gasteiger partial charge is 0.268 e. The molecule has 0 aliphatic heterocycles. The lowest BCUT2D eigenvalue weighted by atomic mass is 9.92. The summed E-state index contributed by atoms with van der Waals surface area (Å²) in [5, 5.41) is 4.90. The van der Waals surface area contributed by atoms with Crippen molar-refractivity contribution in [3.63, 3.8) is 0 Å². The molecular weight excluding hydrogens is 397 g/mol. The van der Waals surface area contributed by atoms with Gasteiger partial charge in [0, 0.05) is 17.7 Å². The van der Waals surface area contributed by atoms with Gasteiger partial charge in [-0.25, -0.2) is 9.07 Å². The molecule has 0 fully saturated rings. The van der Waals surface area contributed by atoms with E-state index < -0.39 is 5.91 Å². The van der Waals surface area contributed by atoms with Crippen molar-refractivity contribution >= 4 is 16.8 Å². The number of hydrogen-bond acceptors (Lipinski definition) is 4. The van der Waals surface area contributed by atoms with Gasteiger partial charge in [-0.1, -0.05) is 20.8 Å². The topological polar surface area (TPSA) is 107 Å². The van der Waals surface area contributed by atoms with Crippen LogP contribution in [0.1, 0.15) is 42.5 Å². The molecule has 3 aromatic heterocycles. The van der Waals surface area contributed by atoms with E-state index in [9.17, 15) is 14.0 Å². The Balaban J connectivity index is 2.02. The predicted molar refractivity (Wildman–Crippen MR) is 117 cm³/mol. The van der Waals surface area contributed by atoms with Gasteiger partial charge in [0.25, 0.3) is 5.91 Å². The van der Waals surface area contributed by atoms with Crippen LogP contribution in [0.15, 0.2) is 47.4 Å². The zero-order chi connectivity index (χ0) is 22.5. The Bertz CT molecular complexity index is 1400. The zero-order valence-electron chi connectivity index (χ0n) is 17.7. The van der Waals surface area contributed by atoms with Gasteiger partial charge in [-0.2, -0.15) is 5.10 Å². The lowest BCUT2D eigenvalue weighted by molar-refractivity contribution is 0.0997. The van der Waals surface area contributed by atoms with Crippen molar-refractivity contribution in [2.24, 2.45) is 5.73 Å². The summed E-state index contributed by atoms with van der Waals surface area (Å²) in [6.45, 7) is 7.91. The van der Waals surface area contributed by atoms with Crippen molar-refractivity contribution in [3.8, 4) is 17.1 Å². The van der Waals surface area contributed by atoms with Crippen LogP contribution in [0.25, 0.3) is 28.0 Å². The fraction of sp³-hybridized carbons (Fsp3) is 0.217. The summed E-state index contributed by atoms with van der Waals surface area (Å²) in [4.78, 5) is 31.8. The van der Waals surface area contributed by atoms with E-state index in [4.69, 9.17) is 10.8 Å². The number of fused-ring (bicyclic) bond motifs is 1. The van der Waals surface area contributed by atoms with Gasteiger partial charge in [0.15, 0.2) is 5.43 Å². The van der Waals surface area contributed by atoms with Gasteiger partial charge < -0.3 is 10.7 Å². The molecule has 8 heteroatoms. The normalized spacial score (nSPS) is 11.8. The van der Waals surface area contributed by atoms with Gasteiger partial charge in [0.2, 0.25) is 0 Å². The van der Waals surface area contributed by atoms with Crippen LogP contribution in [0.3, 0.4) is 0 Å². The van der Waals surface area contributed by atoms with Crippen LogP contribution < -0.4 is 11.2 Å². The Morgan fingerprint density at radius 1 is 1.16 bits per heavy atom. The Morgan fingerprint density at radius 3 is 2.55 bits per heavy atom. The molecule has 0 radical (unpaired) electrons. The highest BCUT2D eigenvalue weighted by atomic mass is 19.1. The maximum absolute atomic E-state index is 13.7. The van der Waals surface area contributed by atoms with Crippen LogP contribution in [-0.4, -0.2) is 25.7 Å². The second kappa shape index (κ2) is 7.16. The number of nitrogens with zero attached hydrogens (tertiary/aromatic N) is 3. The molecule has 158 valence electrons. The molecule has 0 unspecified atom stereocenters. The van der Waals surface area contributed by atoms with E-state index in [1.54, 1.807) is 23.7 Å². The number of pyridine rings is 2. The minimum atomic E-state index is -0.772. The van der Waals surface area contributed by atoms with Crippen molar-refractivity contribution in [2.45, 2.75) is 33.1 Å². The molecule has 31 heavy (non-hydrogen) atoms. The van der Waals surface area contributed by atoms with E-state index in [1.807, 2.05) is 26.8 Å². The Morgan fingerprint density at radius 2 is 1.90 bits per heavy atom. The van der Waals surface area contributed by atoms with Crippen LogP contribution in [0, 0.1) is 12.7 Å². The van der Waals surface area contributed by atoms with Gasteiger partial charge in [-0.15, -0.1) is 0 Å². The number of primary amides is 1. The third kappa shape index (κ3) is 3.61. The van der Waals surface area contributed by atoms with Crippen molar-refractivity contribution in [1.82, 2.24) is 19.7 Å². The largest absolute Gasteiger partial charge is 0.364 e. The summed E-state index contributed by atoms with van der Waals surface area (Å²) in [5.74, 6) is -1.11. The van der Waals surface area contributed by atoms with Crippen molar-refractivity contribution in [2.75, 3.05) is 0 Å².